The van der Waals surface area contributed by atoms with Crippen LogP contribution >= 0.6 is 0 Å². The number of rotatable bonds is 2. The van der Waals surface area contributed by atoms with Crippen LogP contribution in [0, 0.1) is 11.8 Å². The maximum absolute atomic E-state index is 12.6. The van der Waals surface area contributed by atoms with E-state index in [2.05, 4.69) is 10.1 Å². The highest BCUT2D eigenvalue weighted by atomic mass is 19.4. The van der Waals surface area contributed by atoms with Gasteiger partial charge in [-0.25, -0.2) is 0 Å². The number of hydrogen-bond acceptors (Lipinski definition) is 3. The van der Waals surface area contributed by atoms with Crippen molar-refractivity contribution >= 4 is 5.91 Å². The Labute approximate surface area is 161 Å². The van der Waals surface area contributed by atoms with Crippen molar-refractivity contribution in [3.63, 3.8) is 0 Å². The maximum atomic E-state index is 12.6. The highest BCUT2D eigenvalue weighted by Crippen LogP contribution is 2.44. The first-order chi connectivity index (χ1) is 13.4. The first-order valence-corrected chi connectivity index (χ1v) is 8.91. The van der Waals surface area contributed by atoms with Crippen molar-refractivity contribution in [2.45, 2.75) is 44.6 Å². The zero-order chi connectivity index (χ0) is 21.4. The minimum Gasteiger partial charge on any atom is -0.369 e. The topological polar surface area (TPSA) is 73.8 Å². The molecule has 1 fully saturated rings. The van der Waals surface area contributed by atoms with Gasteiger partial charge in [0.05, 0.1) is 11.6 Å². The summed E-state index contributed by atoms with van der Waals surface area (Å²) < 4.78 is 74.9. The molecule has 0 aromatic carbocycles. The van der Waals surface area contributed by atoms with Gasteiger partial charge in [-0.2, -0.15) is 31.4 Å². The molecule has 1 aliphatic carbocycles. The third-order valence-corrected chi connectivity index (χ3v) is 5.02. The number of primary amides is 1. The Morgan fingerprint density at radius 1 is 1.14 bits per heavy atom. The van der Waals surface area contributed by atoms with Crippen LogP contribution < -0.4 is 5.73 Å². The van der Waals surface area contributed by atoms with Crippen molar-refractivity contribution in [1.82, 2.24) is 14.8 Å². The van der Waals surface area contributed by atoms with Crippen LogP contribution in [0.1, 0.15) is 30.7 Å². The Kier molecular flexibility index (Phi) is 5.59. The Hall–Kier alpha value is -2.59. The van der Waals surface area contributed by atoms with Crippen LogP contribution in [-0.2, 0) is 23.9 Å². The van der Waals surface area contributed by atoms with E-state index in [-0.39, 0.29) is 12.8 Å². The van der Waals surface area contributed by atoms with E-state index in [1.54, 1.807) is 6.07 Å². The van der Waals surface area contributed by atoms with Gasteiger partial charge >= 0.3 is 12.4 Å². The number of aryl methyl sites for hydroxylation is 2. The standard InChI is InChI=1S/C12H10F3N3.C6H8F3NO/c13-12(14,15)11-6-8(3-4-16-11)10-7-9-2-1-5-18(9)17-10;7-6(8,9)4-1-3(2-4)5(10)11/h3-4,6-7H,1-2,5H2;3-4H,1-2H2,(H2,10,11). The lowest BCUT2D eigenvalue weighted by atomic mass is 9.74. The van der Waals surface area contributed by atoms with Gasteiger partial charge in [0.15, 0.2) is 0 Å². The SMILES string of the molecule is FC(F)(F)c1cc(-c2cc3n(n2)CCC3)ccn1.NC(=O)C1CC(C(F)(F)F)C1. The fourth-order valence-electron chi connectivity index (χ4n) is 3.26. The van der Waals surface area contributed by atoms with Gasteiger partial charge in [0.1, 0.15) is 5.69 Å². The van der Waals surface area contributed by atoms with E-state index in [1.807, 2.05) is 10.7 Å². The third kappa shape index (κ3) is 4.88. The molecule has 2 N–H and O–H groups in total. The molecule has 158 valence electrons. The van der Waals surface area contributed by atoms with E-state index in [0.29, 0.717) is 11.3 Å². The Balaban J connectivity index is 0.000000188. The number of halogens is 6. The average Bonchev–Trinajstić information content (AvgIpc) is 3.13. The summed E-state index contributed by atoms with van der Waals surface area (Å²) in [5, 5.41) is 4.31. The maximum Gasteiger partial charge on any atom is 0.433 e. The molecule has 5 nitrogen and oxygen atoms in total. The summed E-state index contributed by atoms with van der Waals surface area (Å²) in [6, 6.07) is 4.44. The summed E-state index contributed by atoms with van der Waals surface area (Å²) in [5.41, 5.74) is 6.03. The minimum atomic E-state index is -4.42. The molecule has 0 unspecified atom stereocenters. The number of fused-ring (bicyclic) bond motifs is 1. The van der Waals surface area contributed by atoms with Gasteiger partial charge in [-0.15, -0.1) is 0 Å². The molecule has 29 heavy (non-hydrogen) atoms. The molecule has 4 rings (SSSR count). The van der Waals surface area contributed by atoms with Gasteiger partial charge in [0.25, 0.3) is 0 Å². The van der Waals surface area contributed by atoms with Crippen molar-refractivity contribution in [2.75, 3.05) is 0 Å². The van der Waals surface area contributed by atoms with Crippen molar-refractivity contribution in [3.05, 3.63) is 35.8 Å². The molecule has 1 aliphatic heterocycles. The number of nitrogens with zero attached hydrogens (tertiary/aromatic N) is 3. The minimum absolute atomic E-state index is 0.126. The molecular weight excluding hydrogens is 402 g/mol. The molecule has 3 heterocycles. The molecule has 0 atom stereocenters. The average molecular weight is 420 g/mol. The number of amides is 1. The van der Waals surface area contributed by atoms with Crippen molar-refractivity contribution in [3.8, 4) is 11.3 Å². The molecule has 0 spiro atoms. The monoisotopic (exact) mass is 420 g/mol. The number of pyridine rings is 1. The van der Waals surface area contributed by atoms with E-state index in [4.69, 9.17) is 5.73 Å². The first kappa shape index (κ1) is 21.1. The first-order valence-electron chi connectivity index (χ1n) is 8.91. The highest BCUT2D eigenvalue weighted by Gasteiger charge is 2.49. The molecule has 2 aromatic rings. The lowest BCUT2D eigenvalue weighted by Gasteiger charge is -2.34. The van der Waals surface area contributed by atoms with Gasteiger partial charge in [0.2, 0.25) is 5.91 Å². The van der Waals surface area contributed by atoms with Gasteiger partial charge in [-0.1, -0.05) is 0 Å². The van der Waals surface area contributed by atoms with Crippen LogP contribution in [0.25, 0.3) is 11.3 Å². The van der Waals surface area contributed by atoms with Crippen LogP contribution in [0.2, 0.25) is 0 Å². The number of carbonyl (C=O) groups excluding carboxylic acids is 1. The van der Waals surface area contributed by atoms with Gasteiger partial charge in [-0.05, 0) is 43.9 Å². The number of aromatic nitrogens is 3. The van der Waals surface area contributed by atoms with Crippen molar-refractivity contribution < 1.29 is 31.1 Å². The number of hydrogen-bond donors (Lipinski definition) is 1. The Morgan fingerprint density at radius 2 is 1.83 bits per heavy atom. The Bertz CT molecular complexity index is 862. The van der Waals surface area contributed by atoms with E-state index in [0.717, 1.165) is 31.1 Å². The van der Waals surface area contributed by atoms with E-state index in [9.17, 15) is 31.1 Å². The molecule has 0 radical (unpaired) electrons. The van der Waals surface area contributed by atoms with Gasteiger partial charge in [0, 0.05) is 29.9 Å². The van der Waals surface area contributed by atoms with E-state index < -0.39 is 35.8 Å². The van der Waals surface area contributed by atoms with E-state index >= 15 is 0 Å². The second-order valence-corrected chi connectivity index (χ2v) is 7.08. The van der Waals surface area contributed by atoms with Crippen LogP contribution in [0.3, 0.4) is 0 Å². The van der Waals surface area contributed by atoms with E-state index in [1.165, 1.54) is 6.20 Å². The molecule has 11 heteroatoms. The number of nitrogens with two attached hydrogens (primary N) is 1. The van der Waals surface area contributed by atoms with Crippen molar-refractivity contribution in [1.29, 1.82) is 0 Å². The molecule has 1 saturated carbocycles. The normalized spacial score (nSPS) is 21.0. The summed E-state index contributed by atoms with van der Waals surface area (Å²) in [4.78, 5) is 13.6. The third-order valence-electron chi connectivity index (χ3n) is 5.02. The summed E-state index contributed by atoms with van der Waals surface area (Å²) in [7, 11) is 0. The quantitative estimate of drug-likeness (QED) is 0.748. The molecule has 2 aromatic heterocycles. The highest BCUT2D eigenvalue weighted by molar-refractivity contribution is 5.77. The summed E-state index contributed by atoms with van der Waals surface area (Å²) >= 11 is 0. The smallest absolute Gasteiger partial charge is 0.369 e. The Morgan fingerprint density at radius 3 is 2.38 bits per heavy atom. The molecule has 1 amide bonds. The van der Waals surface area contributed by atoms with Crippen molar-refractivity contribution in [2.24, 2.45) is 17.6 Å². The second kappa shape index (κ2) is 7.68. The second-order valence-electron chi connectivity index (χ2n) is 7.08. The number of carbonyl (C=O) groups is 1. The molecule has 0 saturated heterocycles. The van der Waals surface area contributed by atoms with Crippen LogP contribution in [0.5, 0.6) is 0 Å². The fraction of sp³-hybridized carbons (Fsp3) is 0.500. The molecule has 0 bridgehead atoms. The lowest BCUT2D eigenvalue weighted by molar-refractivity contribution is -0.204. The largest absolute Gasteiger partial charge is 0.433 e. The summed E-state index contributed by atoms with van der Waals surface area (Å²) in [6.07, 6.45) is -5.67. The van der Waals surface area contributed by atoms with Crippen LogP contribution in [0.15, 0.2) is 24.4 Å². The predicted molar refractivity (Wildman–Crippen MR) is 90.2 cm³/mol. The molecular formula is C18H18F6N4O. The van der Waals surface area contributed by atoms with Crippen LogP contribution in [-0.4, -0.2) is 26.8 Å². The fourth-order valence-corrected chi connectivity index (χ4v) is 3.26. The van der Waals surface area contributed by atoms with Crippen LogP contribution in [0.4, 0.5) is 26.3 Å². The lowest BCUT2D eigenvalue weighted by Crippen LogP contribution is -2.41. The predicted octanol–water partition coefficient (Wildman–Crippen LogP) is 3.97. The zero-order valence-corrected chi connectivity index (χ0v) is 15.1. The molecule has 2 aliphatic rings. The number of alkyl halides is 6. The van der Waals surface area contributed by atoms with Gasteiger partial charge in [-0.3, -0.25) is 14.5 Å². The summed E-state index contributed by atoms with van der Waals surface area (Å²) in [6.45, 7) is 0.840. The van der Waals surface area contributed by atoms with Gasteiger partial charge < -0.3 is 5.73 Å². The zero-order valence-electron chi connectivity index (χ0n) is 15.1. The summed E-state index contributed by atoms with van der Waals surface area (Å²) in [5.74, 6) is -2.48.